The van der Waals surface area contributed by atoms with Gasteiger partial charge in [-0.3, -0.25) is 9.69 Å². The molecular weight excluding hydrogens is 435 g/mol. The molecule has 176 valence electrons. The molecule has 4 rings (SSSR count). The molecule has 1 aliphatic rings. The van der Waals surface area contributed by atoms with E-state index in [1.54, 1.807) is 83.8 Å². The van der Waals surface area contributed by atoms with Crippen molar-refractivity contribution in [2.45, 2.75) is 12.1 Å². The predicted molar refractivity (Wildman–Crippen MR) is 125 cm³/mol. The van der Waals surface area contributed by atoms with Crippen molar-refractivity contribution in [1.82, 2.24) is 9.80 Å². The molecule has 0 atom stereocenters. The van der Waals surface area contributed by atoms with E-state index >= 15 is 0 Å². The first-order chi connectivity index (χ1) is 16.5. The van der Waals surface area contributed by atoms with Crippen molar-refractivity contribution >= 4 is 11.9 Å². The zero-order valence-corrected chi connectivity index (χ0v) is 18.8. The van der Waals surface area contributed by atoms with E-state index in [1.165, 1.54) is 6.07 Å². The molecule has 0 saturated carbocycles. The Bertz CT molecular complexity index is 1080. The number of carbonyl (C=O) groups is 2. The Morgan fingerprint density at radius 2 is 1.35 bits per heavy atom. The molecule has 0 spiro atoms. The first kappa shape index (κ1) is 23.6. The van der Waals surface area contributed by atoms with Crippen molar-refractivity contribution in [2.75, 3.05) is 32.8 Å². The molecule has 1 fully saturated rings. The number of hydrogen-bond acceptors (Lipinski definition) is 5. The number of nitrogens with zero attached hydrogens (tertiary/aromatic N) is 2. The Morgan fingerprint density at radius 1 is 0.824 bits per heavy atom. The largest absolute Gasteiger partial charge is 0.453 e. The highest BCUT2D eigenvalue weighted by Crippen LogP contribution is 2.31. The van der Waals surface area contributed by atoms with Gasteiger partial charge in [-0.2, -0.15) is 0 Å². The number of ether oxygens (including phenoxy) is 1. The zero-order chi connectivity index (χ0) is 24.0. The van der Waals surface area contributed by atoms with Gasteiger partial charge in [0.25, 0.3) is 5.91 Å². The molecule has 1 aliphatic heterocycles. The number of halogens is 1. The number of benzene rings is 3. The number of amides is 1. The maximum Gasteiger partial charge on any atom is 0.348 e. The van der Waals surface area contributed by atoms with E-state index in [-0.39, 0.29) is 11.7 Å². The minimum absolute atomic E-state index is 0.239. The summed E-state index contributed by atoms with van der Waals surface area (Å²) in [6.07, 6.45) is 0. The molecule has 1 amide bonds. The molecule has 0 radical (unpaired) electrons. The fraction of sp³-hybridized carbons (Fsp3) is 0.259. The Morgan fingerprint density at radius 3 is 1.91 bits per heavy atom. The molecule has 7 heteroatoms. The van der Waals surface area contributed by atoms with Gasteiger partial charge in [0.1, 0.15) is 5.82 Å². The fourth-order valence-electron chi connectivity index (χ4n) is 4.11. The van der Waals surface area contributed by atoms with Gasteiger partial charge in [0.15, 0.2) is 6.61 Å². The van der Waals surface area contributed by atoms with Crippen molar-refractivity contribution in [3.63, 3.8) is 0 Å². The van der Waals surface area contributed by atoms with Crippen LogP contribution in [0.4, 0.5) is 4.39 Å². The Hall–Kier alpha value is -3.55. The molecule has 0 aromatic heterocycles. The minimum Gasteiger partial charge on any atom is -0.453 e. The first-order valence-electron chi connectivity index (χ1n) is 11.2. The van der Waals surface area contributed by atoms with Gasteiger partial charge in [0, 0.05) is 38.3 Å². The lowest BCUT2D eigenvalue weighted by Gasteiger charge is -2.35. The second-order valence-electron chi connectivity index (χ2n) is 8.27. The molecule has 0 bridgehead atoms. The average molecular weight is 463 g/mol. The van der Waals surface area contributed by atoms with Gasteiger partial charge in [-0.1, -0.05) is 78.9 Å². The number of esters is 1. The smallest absolute Gasteiger partial charge is 0.348 e. The van der Waals surface area contributed by atoms with Gasteiger partial charge in [0.2, 0.25) is 5.60 Å². The van der Waals surface area contributed by atoms with Crippen LogP contribution < -0.4 is 0 Å². The van der Waals surface area contributed by atoms with E-state index in [4.69, 9.17) is 4.74 Å². The SMILES string of the molecule is O=C(COC(=O)C(O)(c1ccccc1)c1ccccc1)N1CCN(Cc2ccccc2F)CC1. The summed E-state index contributed by atoms with van der Waals surface area (Å²) in [5.41, 5.74) is -0.681. The predicted octanol–water partition coefficient (Wildman–Crippen LogP) is 2.95. The van der Waals surface area contributed by atoms with E-state index < -0.39 is 18.2 Å². The van der Waals surface area contributed by atoms with E-state index in [2.05, 4.69) is 4.90 Å². The normalized spacial score (nSPS) is 14.6. The lowest BCUT2D eigenvalue weighted by Crippen LogP contribution is -2.50. The molecule has 3 aromatic rings. The van der Waals surface area contributed by atoms with Crippen LogP contribution in [0.2, 0.25) is 0 Å². The Kier molecular flexibility index (Phi) is 7.35. The molecule has 34 heavy (non-hydrogen) atoms. The van der Waals surface area contributed by atoms with Crippen LogP contribution in [0, 0.1) is 5.82 Å². The van der Waals surface area contributed by atoms with Crippen LogP contribution in [0.3, 0.4) is 0 Å². The van der Waals surface area contributed by atoms with Gasteiger partial charge in [-0.25, -0.2) is 9.18 Å². The van der Waals surface area contributed by atoms with Crippen molar-refractivity contribution in [3.8, 4) is 0 Å². The van der Waals surface area contributed by atoms with Crippen molar-refractivity contribution < 1.29 is 23.8 Å². The quantitative estimate of drug-likeness (QED) is 0.547. The topological polar surface area (TPSA) is 70.1 Å². The summed E-state index contributed by atoms with van der Waals surface area (Å²) >= 11 is 0. The summed E-state index contributed by atoms with van der Waals surface area (Å²) in [6.45, 7) is 2.09. The molecule has 0 unspecified atom stereocenters. The molecular formula is C27H27FN2O4. The van der Waals surface area contributed by atoms with Crippen molar-refractivity contribution in [3.05, 3.63) is 107 Å². The molecule has 1 N–H and O–H groups in total. The minimum atomic E-state index is -2.03. The van der Waals surface area contributed by atoms with Gasteiger partial charge in [-0.15, -0.1) is 0 Å². The summed E-state index contributed by atoms with van der Waals surface area (Å²) < 4.78 is 19.2. The third-order valence-corrected chi connectivity index (χ3v) is 6.08. The number of rotatable bonds is 7. The van der Waals surface area contributed by atoms with Crippen LogP contribution in [-0.4, -0.2) is 59.6 Å². The summed E-state index contributed by atoms with van der Waals surface area (Å²) in [6, 6.07) is 23.7. The standard InChI is InChI=1S/C27H27FN2O4/c28-24-14-8-7-9-21(24)19-29-15-17-30(18-16-29)25(31)20-34-26(32)27(33,22-10-3-1-4-11-22)23-12-5-2-6-13-23/h1-14,33H,15-20H2. The van der Waals surface area contributed by atoms with Gasteiger partial charge in [0.05, 0.1) is 0 Å². The first-order valence-corrected chi connectivity index (χ1v) is 11.2. The average Bonchev–Trinajstić information content (AvgIpc) is 2.89. The summed E-state index contributed by atoms with van der Waals surface area (Å²) in [5, 5.41) is 11.4. The van der Waals surface area contributed by atoms with Crippen LogP contribution in [0.15, 0.2) is 84.9 Å². The van der Waals surface area contributed by atoms with Gasteiger partial charge in [-0.05, 0) is 17.2 Å². The van der Waals surface area contributed by atoms with Crippen LogP contribution in [0.1, 0.15) is 16.7 Å². The second kappa shape index (κ2) is 10.6. The maximum absolute atomic E-state index is 13.9. The van der Waals surface area contributed by atoms with Crippen molar-refractivity contribution in [1.29, 1.82) is 0 Å². The highest BCUT2D eigenvalue weighted by atomic mass is 19.1. The van der Waals surface area contributed by atoms with Crippen LogP contribution in [-0.2, 0) is 26.5 Å². The molecule has 0 aliphatic carbocycles. The molecule has 3 aromatic carbocycles. The molecule has 6 nitrogen and oxygen atoms in total. The number of piperazine rings is 1. The summed E-state index contributed by atoms with van der Waals surface area (Å²) in [5.74, 6) is -1.48. The third-order valence-electron chi connectivity index (χ3n) is 6.08. The number of hydrogen-bond donors (Lipinski definition) is 1. The third kappa shape index (κ3) is 5.16. The summed E-state index contributed by atoms with van der Waals surface area (Å²) in [7, 11) is 0. The van der Waals surface area contributed by atoms with E-state index in [1.807, 2.05) is 0 Å². The summed E-state index contributed by atoms with van der Waals surface area (Å²) in [4.78, 5) is 29.5. The molecule has 1 heterocycles. The van der Waals surface area contributed by atoms with Crippen LogP contribution in [0.5, 0.6) is 0 Å². The zero-order valence-electron chi connectivity index (χ0n) is 18.8. The second-order valence-corrected chi connectivity index (χ2v) is 8.27. The van der Waals surface area contributed by atoms with Crippen LogP contribution >= 0.6 is 0 Å². The van der Waals surface area contributed by atoms with E-state index in [0.717, 1.165) is 0 Å². The maximum atomic E-state index is 13.9. The lowest BCUT2D eigenvalue weighted by atomic mass is 9.86. The Balaban J connectivity index is 1.36. The van der Waals surface area contributed by atoms with E-state index in [0.29, 0.717) is 49.4 Å². The van der Waals surface area contributed by atoms with Gasteiger partial charge >= 0.3 is 5.97 Å². The van der Waals surface area contributed by atoms with Crippen molar-refractivity contribution in [2.24, 2.45) is 0 Å². The lowest BCUT2D eigenvalue weighted by molar-refractivity contribution is -0.166. The number of aliphatic hydroxyl groups is 1. The fourth-order valence-corrected chi connectivity index (χ4v) is 4.11. The van der Waals surface area contributed by atoms with Gasteiger partial charge < -0.3 is 14.7 Å². The van der Waals surface area contributed by atoms with Crippen LogP contribution in [0.25, 0.3) is 0 Å². The highest BCUT2D eigenvalue weighted by Gasteiger charge is 2.42. The monoisotopic (exact) mass is 462 g/mol. The molecule has 1 saturated heterocycles. The highest BCUT2D eigenvalue weighted by molar-refractivity contribution is 5.88. The Labute approximate surface area is 198 Å². The van der Waals surface area contributed by atoms with E-state index in [9.17, 15) is 19.1 Å². The number of carbonyl (C=O) groups excluding carboxylic acids is 2.